The summed E-state index contributed by atoms with van der Waals surface area (Å²) in [4.78, 5) is 19.6. The van der Waals surface area contributed by atoms with Crippen LogP contribution in [0.3, 0.4) is 0 Å². The first-order valence-corrected chi connectivity index (χ1v) is 10.1. The van der Waals surface area contributed by atoms with Gasteiger partial charge in [-0.05, 0) is 42.7 Å². The number of carbonyl (C=O) groups excluding carboxylic acids is 1. The number of piperazine rings is 1. The van der Waals surface area contributed by atoms with Crippen LogP contribution in [0.4, 0.5) is 5.69 Å². The van der Waals surface area contributed by atoms with E-state index in [1.807, 2.05) is 23.1 Å². The molecule has 0 aliphatic carbocycles. The molecule has 142 valence electrons. The Kier molecular flexibility index (Phi) is 5.48. The minimum Gasteiger partial charge on any atom is -0.311 e. The lowest BCUT2D eigenvalue weighted by Crippen LogP contribution is -2.54. The highest BCUT2D eigenvalue weighted by Gasteiger charge is 2.29. The molecule has 0 N–H and O–H groups in total. The average Bonchev–Trinajstić information content (AvgIpc) is 3.10. The molecule has 2 aliphatic rings. The molecule has 27 heavy (non-hydrogen) atoms. The summed E-state index contributed by atoms with van der Waals surface area (Å²) in [5.41, 5.74) is 3.66. The van der Waals surface area contributed by atoms with Crippen molar-refractivity contribution in [2.75, 3.05) is 37.6 Å². The van der Waals surface area contributed by atoms with Crippen LogP contribution in [0.1, 0.15) is 18.1 Å². The molecule has 0 bridgehead atoms. The molecule has 4 nitrogen and oxygen atoms in total. The molecule has 0 unspecified atom stereocenters. The van der Waals surface area contributed by atoms with Crippen molar-refractivity contribution in [3.05, 3.63) is 64.7 Å². The maximum absolute atomic E-state index is 12.9. The summed E-state index contributed by atoms with van der Waals surface area (Å²) in [5, 5.41) is 0.777. The minimum absolute atomic E-state index is 0.220. The Morgan fingerprint density at radius 2 is 1.85 bits per heavy atom. The van der Waals surface area contributed by atoms with Gasteiger partial charge in [-0.1, -0.05) is 41.9 Å². The lowest BCUT2D eigenvalue weighted by atomic mass is 10.1. The lowest BCUT2D eigenvalue weighted by Gasteiger charge is -2.40. The molecule has 1 amide bonds. The number of nitrogens with zero attached hydrogens (tertiary/aromatic N) is 3. The van der Waals surface area contributed by atoms with E-state index < -0.39 is 0 Å². The predicted molar refractivity (Wildman–Crippen MR) is 110 cm³/mol. The molecule has 1 fully saturated rings. The van der Waals surface area contributed by atoms with Gasteiger partial charge in [0.05, 0.1) is 6.54 Å². The molecule has 2 aromatic rings. The van der Waals surface area contributed by atoms with Crippen molar-refractivity contribution in [2.24, 2.45) is 0 Å². The number of fused-ring (bicyclic) bond motifs is 1. The molecular weight excluding hydrogens is 358 g/mol. The van der Waals surface area contributed by atoms with Gasteiger partial charge in [-0.25, -0.2) is 0 Å². The highest BCUT2D eigenvalue weighted by Crippen LogP contribution is 2.27. The number of para-hydroxylation sites is 1. The molecule has 1 saturated heterocycles. The monoisotopic (exact) mass is 383 g/mol. The van der Waals surface area contributed by atoms with E-state index in [1.54, 1.807) is 0 Å². The fraction of sp³-hybridized carbons (Fsp3) is 0.409. The number of carbonyl (C=O) groups is 1. The first-order chi connectivity index (χ1) is 13.1. The molecule has 0 aromatic heterocycles. The van der Waals surface area contributed by atoms with Crippen molar-refractivity contribution < 1.29 is 4.79 Å². The maximum atomic E-state index is 12.9. The van der Waals surface area contributed by atoms with Gasteiger partial charge in [0, 0.05) is 49.5 Å². The van der Waals surface area contributed by atoms with E-state index in [9.17, 15) is 4.79 Å². The number of hydrogen-bond donors (Lipinski definition) is 0. The zero-order valence-corrected chi connectivity index (χ0v) is 16.5. The number of anilines is 1. The van der Waals surface area contributed by atoms with Crippen molar-refractivity contribution in [1.29, 1.82) is 0 Å². The van der Waals surface area contributed by atoms with Gasteiger partial charge in [-0.15, -0.1) is 0 Å². The van der Waals surface area contributed by atoms with Gasteiger partial charge in [0.2, 0.25) is 5.91 Å². The molecule has 2 heterocycles. The van der Waals surface area contributed by atoms with Crippen LogP contribution in [-0.4, -0.2) is 54.5 Å². The van der Waals surface area contributed by atoms with Crippen molar-refractivity contribution in [3.8, 4) is 0 Å². The van der Waals surface area contributed by atoms with Crippen LogP contribution in [0, 0.1) is 0 Å². The molecule has 0 radical (unpaired) electrons. The molecule has 0 spiro atoms. The van der Waals surface area contributed by atoms with E-state index in [0.29, 0.717) is 12.6 Å². The minimum atomic E-state index is 0.220. The second-order valence-corrected chi connectivity index (χ2v) is 8.04. The molecule has 5 heteroatoms. The number of amides is 1. The molecule has 2 aromatic carbocycles. The SMILES string of the molecule is C[C@@H]1CN(Cc2ccc(Cl)cc2)CCN1CC(=O)N1CCc2ccccc21. The maximum Gasteiger partial charge on any atom is 0.241 e. The first kappa shape index (κ1) is 18.5. The third kappa shape index (κ3) is 4.18. The van der Waals surface area contributed by atoms with Gasteiger partial charge < -0.3 is 4.90 Å². The Morgan fingerprint density at radius 3 is 2.63 bits per heavy atom. The normalized spacial score (nSPS) is 20.7. The predicted octanol–water partition coefficient (Wildman–Crippen LogP) is 3.44. The van der Waals surface area contributed by atoms with Crippen molar-refractivity contribution in [2.45, 2.75) is 25.9 Å². The number of rotatable bonds is 4. The summed E-state index contributed by atoms with van der Waals surface area (Å²) >= 11 is 5.97. The van der Waals surface area contributed by atoms with E-state index >= 15 is 0 Å². The topological polar surface area (TPSA) is 26.8 Å². The van der Waals surface area contributed by atoms with Gasteiger partial charge in [0.25, 0.3) is 0 Å². The van der Waals surface area contributed by atoms with E-state index in [-0.39, 0.29) is 5.91 Å². The van der Waals surface area contributed by atoms with Crippen LogP contribution >= 0.6 is 11.6 Å². The van der Waals surface area contributed by atoms with Crippen molar-refractivity contribution in [1.82, 2.24) is 9.80 Å². The van der Waals surface area contributed by atoms with Gasteiger partial charge in [0.1, 0.15) is 0 Å². The second kappa shape index (κ2) is 8.01. The van der Waals surface area contributed by atoms with Crippen LogP contribution in [0.25, 0.3) is 0 Å². The summed E-state index contributed by atoms with van der Waals surface area (Å²) in [6.45, 7) is 7.36. The smallest absolute Gasteiger partial charge is 0.241 e. The number of halogens is 1. The van der Waals surface area contributed by atoms with Crippen molar-refractivity contribution in [3.63, 3.8) is 0 Å². The molecule has 0 saturated carbocycles. The van der Waals surface area contributed by atoms with E-state index in [1.165, 1.54) is 11.1 Å². The second-order valence-electron chi connectivity index (χ2n) is 7.61. The number of hydrogen-bond acceptors (Lipinski definition) is 3. The van der Waals surface area contributed by atoms with E-state index in [4.69, 9.17) is 11.6 Å². The highest BCUT2D eigenvalue weighted by atomic mass is 35.5. The van der Waals surface area contributed by atoms with Crippen LogP contribution in [-0.2, 0) is 17.8 Å². The largest absolute Gasteiger partial charge is 0.311 e. The Hall–Kier alpha value is -1.88. The zero-order valence-electron chi connectivity index (χ0n) is 15.8. The molecular formula is C22H26ClN3O. The van der Waals surface area contributed by atoms with E-state index in [2.05, 4.69) is 47.1 Å². The lowest BCUT2D eigenvalue weighted by molar-refractivity contribution is -0.120. The molecule has 1 atom stereocenters. The summed E-state index contributed by atoms with van der Waals surface area (Å²) in [6, 6.07) is 16.7. The third-order valence-corrected chi connectivity index (χ3v) is 5.95. The quantitative estimate of drug-likeness (QED) is 0.809. The highest BCUT2D eigenvalue weighted by molar-refractivity contribution is 6.30. The van der Waals surface area contributed by atoms with Gasteiger partial charge in [-0.2, -0.15) is 0 Å². The Bertz CT molecular complexity index is 807. The summed E-state index contributed by atoms with van der Waals surface area (Å²) in [7, 11) is 0. The van der Waals surface area contributed by atoms with Gasteiger partial charge in [0.15, 0.2) is 0 Å². The first-order valence-electron chi connectivity index (χ1n) is 9.69. The van der Waals surface area contributed by atoms with Crippen LogP contribution < -0.4 is 4.90 Å². The Balaban J connectivity index is 1.32. The van der Waals surface area contributed by atoms with Crippen molar-refractivity contribution >= 4 is 23.2 Å². The zero-order chi connectivity index (χ0) is 18.8. The standard InChI is InChI=1S/C22H26ClN3O/c1-17-14-24(15-18-6-8-20(23)9-7-18)12-13-25(17)16-22(27)26-11-10-19-4-2-3-5-21(19)26/h2-9,17H,10-16H2,1H3/t17-/m1/s1. The number of benzene rings is 2. The average molecular weight is 384 g/mol. The van der Waals surface area contributed by atoms with Crippen LogP contribution in [0.2, 0.25) is 5.02 Å². The van der Waals surface area contributed by atoms with Gasteiger partial charge >= 0.3 is 0 Å². The van der Waals surface area contributed by atoms with Crippen LogP contribution in [0.5, 0.6) is 0 Å². The summed E-state index contributed by atoms with van der Waals surface area (Å²) in [6.07, 6.45) is 0.965. The summed E-state index contributed by atoms with van der Waals surface area (Å²) in [5.74, 6) is 0.220. The van der Waals surface area contributed by atoms with Crippen LogP contribution in [0.15, 0.2) is 48.5 Å². The third-order valence-electron chi connectivity index (χ3n) is 5.70. The Morgan fingerprint density at radius 1 is 1.07 bits per heavy atom. The fourth-order valence-electron chi connectivity index (χ4n) is 4.15. The Labute approximate surface area is 166 Å². The molecule has 2 aliphatic heterocycles. The fourth-order valence-corrected chi connectivity index (χ4v) is 4.28. The van der Waals surface area contributed by atoms with Gasteiger partial charge in [-0.3, -0.25) is 14.6 Å². The van der Waals surface area contributed by atoms with E-state index in [0.717, 1.165) is 49.9 Å². The summed E-state index contributed by atoms with van der Waals surface area (Å²) < 4.78 is 0. The molecule has 4 rings (SSSR count).